The van der Waals surface area contributed by atoms with Crippen molar-refractivity contribution in [1.29, 1.82) is 0 Å². The second-order valence-electron chi connectivity index (χ2n) is 5.65. The van der Waals surface area contributed by atoms with Gasteiger partial charge in [-0.1, -0.05) is 6.07 Å². The van der Waals surface area contributed by atoms with Crippen LogP contribution in [0.25, 0.3) is 5.65 Å². The molecule has 0 bridgehead atoms. The maximum atomic E-state index is 12.8. The van der Waals surface area contributed by atoms with Crippen molar-refractivity contribution in [2.24, 2.45) is 7.05 Å². The summed E-state index contributed by atoms with van der Waals surface area (Å²) in [5, 5.41) is 11.8. The number of hydrogen-bond donors (Lipinski definition) is 0. The van der Waals surface area contributed by atoms with Crippen molar-refractivity contribution >= 4 is 11.6 Å². The molecule has 3 aromatic rings. The zero-order valence-corrected chi connectivity index (χ0v) is 13.4. The molecule has 1 amide bonds. The summed E-state index contributed by atoms with van der Waals surface area (Å²) in [5.74, 6) is 0.0290. The van der Waals surface area contributed by atoms with Crippen molar-refractivity contribution in [3.8, 4) is 0 Å². The molecule has 0 N–H and O–H groups in total. The van der Waals surface area contributed by atoms with Crippen molar-refractivity contribution in [2.45, 2.75) is 6.10 Å². The zero-order valence-electron chi connectivity index (χ0n) is 13.4. The summed E-state index contributed by atoms with van der Waals surface area (Å²) in [5.41, 5.74) is 0.125. The Morgan fingerprint density at radius 1 is 1.36 bits per heavy atom. The van der Waals surface area contributed by atoms with E-state index in [1.165, 1.54) is 15.4 Å². The second kappa shape index (κ2) is 6.06. The van der Waals surface area contributed by atoms with E-state index in [1.54, 1.807) is 36.3 Å². The van der Waals surface area contributed by atoms with E-state index in [2.05, 4.69) is 20.4 Å². The molecule has 1 atom stereocenters. The predicted octanol–water partition coefficient (Wildman–Crippen LogP) is -0.568. The van der Waals surface area contributed by atoms with E-state index in [0.29, 0.717) is 24.6 Å². The fourth-order valence-corrected chi connectivity index (χ4v) is 2.76. The van der Waals surface area contributed by atoms with Crippen LogP contribution in [0.15, 0.2) is 35.4 Å². The molecule has 10 heteroatoms. The number of fused-ring (bicyclic) bond motifs is 1. The molecule has 10 nitrogen and oxygen atoms in total. The van der Waals surface area contributed by atoms with Crippen LogP contribution in [0.1, 0.15) is 22.3 Å². The number of hydrogen-bond acceptors (Lipinski definition) is 7. The number of aryl methyl sites for hydroxylation is 1. The second-order valence-corrected chi connectivity index (χ2v) is 5.65. The minimum atomic E-state index is -0.470. The fraction of sp³-hybridized carbons (Fsp3) is 0.333. The van der Waals surface area contributed by atoms with Crippen molar-refractivity contribution < 1.29 is 9.53 Å². The van der Waals surface area contributed by atoms with Crippen LogP contribution in [0.4, 0.5) is 0 Å². The Kier molecular flexibility index (Phi) is 3.73. The molecule has 1 fully saturated rings. The average Bonchev–Trinajstić information content (AvgIpc) is 3.08. The lowest BCUT2D eigenvalue weighted by atomic mass is 10.2. The minimum Gasteiger partial charge on any atom is -0.366 e. The van der Waals surface area contributed by atoms with E-state index in [9.17, 15) is 9.59 Å². The first-order valence-corrected chi connectivity index (χ1v) is 7.74. The quantitative estimate of drug-likeness (QED) is 0.614. The van der Waals surface area contributed by atoms with Gasteiger partial charge in [-0.25, -0.2) is 4.98 Å². The molecule has 0 spiro atoms. The Balaban J connectivity index is 1.62. The smallest absolute Gasteiger partial charge is 0.270 e. The summed E-state index contributed by atoms with van der Waals surface area (Å²) in [6.07, 6.45) is 2.44. The van der Waals surface area contributed by atoms with Crippen LogP contribution in [-0.2, 0) is 11.8 Å². The topological polar surface area (TPSA) is 108 Å². The molecule has 0 aliphatic carbocycles. The van der Waals surface area contributed by atoms with Crippen molar-refractivity contribution in [3.05, 3.63) is 52.3 Å². The largest absolute Gasteiger partial charge is 0.366 e. The Morgan fingerprint density at radius 3 is 3.04 bits per heavy atom. The summed E-state index contributed by atoms with van der Waals surface area (Å²) < 4.78 is 6.98. The van der Waals surface area contributed by atoms with Gasteiger partial charge in [0.15, 0.2) is 0 Å². The van der Waals surface area contributed by atoms with E-state index < -0.39 is 11.7 Å². The fourth-order valence-electron chi connectivity index (χ4n) is 2.76. The predicted molar refractivity (Wildman–Crippen MR) is 84.9 cm³/mol. The van der Waals surface area contributed by atoms with Crippen LogP contribution in [0.5, 0.6) is 0 Å². The number of aromatic nitrogens is 6. The van der Waals surface area contributed by atoms with Gasteiger partial charge < -0.3 is 9.64 Å². The lowest BCUT2D eigenvalue weighted by Gasteiger charge is -2.31. The highest BCUT2D eigenvalue weighted by Gasteiger charge is 2.30. The highest BCUT2D eigenvalue weighted by molar-refractivity contribution is 5.93. The molecule has 0 saturated carbocycles. The summed E-state index contributed by atoms with van der Waals surface area (Å²) >= 11 is 0. The van der Waals surface area contributed by atoms with E-state index in [1.807, 2.05) is 0 Å². The molecule has 0 radical (unpaired) electrons. The number of ether oxygens (including phenoxy) is 1. The number of rotatable bonds is 2. The number of tetrazole rings is 1. The Morgan fingerprint density at radius 2 is 2.24 bits per heavy atom. The number of nitrogens with zero attached hydrogens (tertiary/aromatic N) is 7. The number of morpholine rings is 1. The Bertz CT molecular complexity index is 996. The van der Waals surface area contributed by atoms with Crippen LogP contribution in [0.2, 0.25) is 0 Å². The molecular formula is C15H15N7O3. The molecule has 128 valence electrons. The molecule has 25 heavy (non-hydrogen) atoms. The van der Waals surface area contributed by atoms with Gasteiger partial charge in [-0.2, -0.15) is 4.80 Å². The van der Waals surface area contributed by atoms with Gasteiger partial charge in [0.1, 0.15) is 17.3 Å². The molecule has 4 heterocycles. The first-order chi connectivity index (χ1) is 12.1. The third kappa shape index (κ3) is 2.76. The van der Waals surface area contributed by atoms with Crippen molar-refractivity contribution in [2.75, 3.05) is 19.7 Å². The van der Waals surface area contributed by atoms with Gasteiger partial charge in [-0.15, -0.1) is 10.2 Å². The maximum Gasteiger partial charge on any atom is 0.270 e. The number of carbonyl (C=O) groups is 1. The normalized spacial score (nSPS) is 17.8. The van der Waals surface area contributed by atoms with E-state index >= 15 is 0 Å². The van der Waals surface area contributed by atoms with Crippen molar-refractivity contribution in [1.82, 2.24) is 34.5 Å². The van der Waals surface area contributed by atoms with Gasteiger partial charge in [-0.3, -0.25) is 14.0 Å². The highest BCUT2D eigenvalue weighted by atomic mass is 16.5. The molecule has 1 unspecified atom stereocenters. The lowest BCUT2D eigenvalue weighted by molar-refractivity contribution is -0.0269. The van der Waals surface area contributed by atoms with Crippen LogP contribution in [0.3, 0.4) is 0 Å². The summed E-state index contributed by atoms with van der Waals surface area (Å²) in [4.78, 5) is 32.4. The van der Waals surface area contributed by atoms with Gasteiger partial charge in [-0.05, 0) is 17.3 Å². The number of amides is 1. The SMILES string of the molecule is Cn1nnc(C2CN(C(=O)c3cnc4ccccn4c3=O)CCO2)n1. The summed E-state index contributed by atoms with van der Waals surface area (Å²) in [6, 6.07) is 5.21. The van der Waals surface area contributed by atoms with Gasteiger partial charge in [0.25, 0.3) is 11.5 Å². The number of carbonyl (C=O) groups excluding carboxylic acids is 1. The van der Waals surface area contributed by atoms with Crippen LogP contribution >= 0.6 is 0 Å². The molecule has 4 rings (SSSR count). The van der Waals surface area contributed by atoms with E-state index in [0.717, 1.165) is 0 Å². The van der Waals surface area contributed by atoms with E-state index in [4.69, 9.17) is 4.74 Å². The van der Waals surface area contributed by atoms with Gasteiger partial charge in [0.2, 0.25) is 5.82 Å². The third-order valence-corrected chi connectivity index (χ3v) is 4.01. The molecule has 0 aromatic carbocycles. The number of pyridine rings is 1. The Hall–Kier alpha value is -3.14. The molecule has 1 aliphatic rings. The molecule has 1 saturated heterocycles. The maximum absolute atomic E-state index is 12.8. The third-order valence-electron chi connectivity index (χ3n) is 4.01. The first kappa shape index (κ1) is 15.4. The Labute approximate surface area is 141 Å². The van der Waals surface area contributed by atoms with Crippen molar-refractivity contribution in [3.63, 3.8) is 0 Å². The summed E-state index contributed by atoms with van der Waals surface area (Å²) in [7, 11) is 1.66. The monoisotopic (exact) mass is 341 g/mol. The standard InChI is InChI=1S/C15H15N7O3/c1-20-18-13(17-19-20)11-9-21(6-7-25-11)14(23)10-8-16-12-4-2-3-5-22(12)15(10)24/h2-5,8,11H,6-7,9H2,1H3. The van der Waals surface area contributed by atoms with Gasteiger partial charge in [0, 0.05) is 18.9 Å². The molecule has 3 aromatic heterocycles. The van der Waals surface area contributed by atoms with Crippen LogP contribution < -0.4 is 5.56 Å². The molecule has 1 aliphatic heterocycles. The van der Waals surface area contributed by atoms with Crippen LogP contribution in [0, 0.1) is 0 Å². The van der Waals surface area contributed by atoms with Crippen LogP contribution in [-0.4, -0.2) is 60.1 Å². The van der Waals surface area contributed by atoms with Gasteiger partial charge in [0.05, 0.1) is 20.2 Å². The first-order valence-electron chi connectivity index (χ1n) is 7.74. The van der Waals surface area contributed by atoms with Gasteiger partial charge >= 0.3 is 0 Å². The zero-order chi connectivity index (χ0) is 17.4. The lowest BCUT2D eigenvalue weighted by Crippen LogP contribution is -2.44. The average molecular weight is 341 g/mol. The minimum absolute atomic E-state index is 0.0245. The molecular weight excluding hydrogens is 326 g/mol. The highest BCUT2D eigenvalue weighted by Crippen LogP contribution is 2.19. The van der Waals surface area contributed by atoms with E-state index in [-0.39, 0.29) is 18.0 Å². The summed E-state index contributed by atoms with van der Waals surface area (Å²) in [6.45, 7) is 0.963.